The van der Waals surface area contributed by atoms with Crippen molar-refractivity contribution in [3.8, 4) is 0 Å². The maximum absolute atomic E-state index is 12.9. The Morgan fingerprint density at radius 3 is 2.52 bits per heavy atom. The van der Waals surface area contributed by atoms with E-state index in [9.17, 15) is 9.59 Å². The summed E-state index contributed by atoms with van der Waals surface area (Å²) in [5, 5.41) is 5.08. The molecular formula is C19H15Cl3N2O3. The normalized spacial score (nSPS) is 14.8. The molecule has 0 atom stereocenters. The lowest BCUT2D eigenvalue weighted by molar-refractivity contribution is -0.147. The number of rotatable bonds is 4. The fourth-order valence-corrected chi connectivity index (χ4v) is 3.04. The summed E-state index contributed by atoms with van der Waals surface area (Å²) in [6.45, 7) is 3.61. The van der Waals surface area contributed by atoms with E-state index in [-0.39, 0.29) is 18.2 Å². The van der Waals surface area contributed by atoms with Gasteiger partial charge in [0.05, 0.1) is 28.2 Å². The highest BCUT2D eigenvalue weighted by Gasteiger charge is 2.35. The van der Waals surface area contributed by atoms with Crippen LogP contribution in [0, 0.1) is 5.92 Å². The molecule has 5 nitrogen and oxygen atoms in total. The third-order valence-electron chi connectivity index (χ3n) is 3.98. The van der Waals surface area contributed by atoms with E-state index >= 15 is 0 Å². The van der Waals surface area contributed by atoms with Crippen molar-refractivity contribution in [2.75, 3.05) is 4.90 Å². The van der Waals surface area contributed by atoms with E-state index in [0.29, 0.717) is 26.3 Å². The van der Waals surface area contributed by atoms with Crippen LogP contribution in [0.1, 0.15) is 25.0 Å². The molecule has 0 saturated heterocycles. The summed E-state index contributed by atoms with van der Waals surface area (Å²) in [4.78, 5) is 31.1. The van der Waals surface area contributed by atoms with Crippen LogP contribution in [0.4, 0.5) is 5.69 Å². The number of hydrogen-bond acceptors (Lipinski definition) is 4. The summed E-state index contributed by atoms with van der Waals surface area (Å²) in [5.41, 5.74) is 1.94. The predicted molar refractivity (Wildman–Crippen MR) is 107 cm³/mol. The van der Waals surface area contributed by atoms with Gasteiger partial charge in [0.1, 0.15) is 0 Å². The Labute approximate surface area is 171 Å². The van der Waals surface area contributed by atoms with Gasteiger partial charge in [-0.15, -0.1) is 0 Å². The number of carbonyl (C=O) groups is 2. The number of halogens is 3. The molecule has 1 amide bonds. The quantitative estimate of drug-likeness (QED) is 0.506. The van der Waals surface area contributed by atoms with Crippen LogP contribution < -0.4 is 4.90 Å². The highest BCUT2D eigenvalue weighted by molar-refractivity contribution is 6.54. The van der Waals surface area contributed by atoms with Gasteiger partial charge in [-0.25, -0.2) is 4.79 Å². The summed E-state index contributed by atoms with van der Waals surface area (Å²) < 4.78 is 0. The van der Waals surface area contributed by atoms with Gasteiger partial charge in [-0.2, -0.15) is 0 Å². The number of anilines is 1. The smallest absolute Gasteiger partial charge is 0.317 e. The molecule has 0 fully saturated rings. The molecule has 2 aromatic rings. The molecule has 1 aliphatic rings. The SMILES string of the molecule is CC(C)C(=O)O/N=C1/C(=O)N(Cc2ccc(Cl)c(Cl)c2)c2ccc(Cl)cc21. The van der Waals surface area contributed by atoms with Crippen LogP contribution in [0.2, 0.25) is 15.1 Å². The molecule has 0 unspecified atom stereocenters. The van der Waals surface area contributed by atoms with Crippen LogP contribution in [0.25, 0.3) is 0 Å². The van der Waals surface area contributed by atoms with Gasteiger partial charge >= 0.3 is 5.97 Å². The third-order valence-corrected chi connectivity index (χ3v) is 4.95. The minimum absolute atomic E-state index is 0.0292. The van der Waals surface area contributed by atoms with Crippen molar-refractivity contribution in [2.24, 2.45) is 11.1 Å². The zero-order chi connectivity index (χ0) is 19.7. The Kier molecular flexibility index (Phi) is 5.75. The minimum Gasteiger partial charge on any atom is -0.317 e. The zero-order valence-corrected chi connectivity index (χ0v) is 16.8. The number of carbonyl (C=O) groups excluding carboxylic acids is 2. The molecule has 27 heavy (non-hydrogen) atoms. The molecule has 0 N–H and O–H groups in total. The fraction of sp³-hybridized carbons (Fsp3) is 0.211. The molecule has 0 aromatic heterocycles. The molecule has 1 heterocycles. The van der Waals surface area contributed by atoms with Crippen LogP contribution in [0.3, 0.4) is 0 Å². The summed E-state index contributed by atoms with van der Waals surface area (Å²) in [7, 11) is 0. The van der Waals surface area contributed by atoms with Crippen molar-refractivity contribution < 1.29 is 14.4 Å². The van der Waals surface area contributed by atoms with Crippen LogP contribution >= 0.6 is 34.8 Å². The van der Waals surface area contributed by atoms with Crippen molar-refractivity contribution in [1.29, 1.82) is 0 Å². The molecule has 0 bridgehead atoms. The first kappa shape index (κ1) is 19.7. The highest BCUT2D eigenvalue weighted by Crippen LogP contribution is 2.34. The van der Waals surface area contributed by atoms with Crippen molar-refractivity contribution in [1.82, 2.24) is 0 Å². The van der Waals surface area contributed by atoms with E-state index in [0.717, 1.165) is 5.56 Å². The summed E-state index contributed by atoms with van der Waals surface area (Å²) >= 11 is 18.1. The van der Waals surface area contributed by atoms with Gasteiger partial charge in [-0.3, -0.25) is 4.79 Å². The molecule has 0 radical (unpaired) electrons. The maximum atomic E-state index is 12.9. The number of nitrogens with zero attached hydrogens (tertiary/aromatic N) is 2. The largest absolute Gasteiger partial charge is 0.337 e. The molecule has 3 rings (SSSR count). The summed E-state index contributed by atoms with van der Waals surface area (Å²) in [6, 6.07) is 10.2. The Morgan fingerprint density at radius 2 is 1.85 bits per heavy atom. The number of oxime groups is 1. The Balaban J connectivity index is 1.96. The van der Waals surface area contributed by atoms with Crippen LogP contribution in [0.5, 0.6) is 0 Å². The molecule has 1 aliphatic heterocycles. The van der Waals surface area contributed by atoms with Crippen molar-refractivity contribution >= 4 is 58.1 Å². The maximum Gasteiger partial charge on any atom is 0.337 e. The average Bonchev–Trinajstić information content (AvgIpc) is 2.87. The van der Waals surface area contributed by atoms with E-state index in [2.05, 4.69) is 5.16 Å². The van der Waals surface area contributed by atoms with Gasteiger partial charge in [0.25, 0.3) is 5.91 Å². The second-order valence-corrected chi connectivity index (χ2v) is 7.56. The highest BCUT2D eigenvalue weighted by atomic mass is 35.5. The number of fused-ring (bicyclic) bond motifs is 1. The summed E-state index contributed by atoms with van der Waals surface area (Å²) in [6.07, 6.45) is 0. The van der Waals surface area contributed by atoms with E-state index in [1.807, 2.05) is 0 Å². The van der Waals surface area contributed by atoms with Gasteiger partial charge < -0.3 is 9.74 Å². The zero-order valence-electron chi connectivity index (χ0n) is 14.5. The van der Waals surface area contributed by atoms with Crippen LogP contribution in [0.15, 0.2) is 41.6 Å². The second-order valence-electron chi connectivity index (χ2n) is 6.31. The van der Waals surface area contributed by atoms with Crippen LogP contribution in [-0.2, 0) is 21.0 Å². The lowest BCUT2D eigenvalue weighted by Gasteiger charge is -2.17. The first-order valence-corrected chi connectivity index (χ1v) is 9.26. The minimum atomic E-state index is -0.526. The molecule has 0 spiro atoms. The lowest BCUT2D eigenvalue weighted by Crippen LogP contribution is -2.30. The van der Waals surface area contributed by atoms with Gasteiger partial charge in [-0.05, 0) is 35.9 Å². The topological polar surface area (TPSA) is 59.0 Å². The molecule has 140 valence electrons. The van der Waals surface area contributed by atoms with Gasteiger partial charge in [0, 0.05) is 10.6 Å². The van der Waals surface area contributed by atoms with Crippen molar-refractivity contribution in [3.63, 3.8) is 0 Å². The third kappa shape index (κ3) is 4.10. The summed E-state index contributed by atoms with van der Waals surface area (Å²) in [5.74, 6) is -1.28. The Bertz CT molecular complexity index is 957. The lowest BCUT2D eigenvalue weighted by atomic mass is 10.1. The molecule has 8 heteroatoms. The molecule has 2 aromatic carbocycles. The van der Waals surface area contributed by atoms with Gasteiger partial charge in [0.2, 0.25) is 0 Å². The Morgan fingerprint density at radius 1 is 1.11 bits per heavy atom. The molecule has 0 saturated carbocycles. The Hall–Kier alpha value is -2.08. The number of amides is 1. The second kappa shape index (κ2) is 7.89. The number of hydrogen-bond donors (Lipinski definition) is 0. The molecule has 0 aliphatic carbocycles. The fourth-order valence-electron chi connectivity index (χ4n) is 2.55. The predicted octanol–water partition coefficient (Wildman–Crippen LogP) is 5.10. The first-order valence-electron chi connectivity index (χ1n) is 8.12. The monoisotopic (exact) mass is 424 g/mol. The number of benzene rings is 2. The van der Waals surface area contributed by atoms with Crippen molar-refractivity contribution in [3.05, 3.63) is 62.6 Å². The standard InChI is InChI=1S/C19H15Cl3N2O3/c1-10(2)19(26)27-23-17-13-8-12(20)4-6-16(13)24(18(17)25)9-11-3-5-14(21)15(22)7-11/h3-8,10H,9H2,1-2H3/b23-17+. The molecular weight excluding hydrogens is 411 g/mol. The van der Waals surface area contributed by atoms with Gasteiger partial charge in [0.15, 0.2) is 5.71 Å². The average molecular weight is 426 g/mol. The van der Waals surface area contributed by atoms with E-state index < -0.39 is 11.9 Å². The van der Waals surface area contributed by atoms with Gasteiger partial charge in [-0.1, -0.05) is 59.9 Å². The van der Waals surface area contributed by atoms with Crippen molar-refractivity contribution in [2.45, 2.75) is 20.4 Å². The van der Waals surface area contributed by atoms with E-state index in [1.165, 1.54) is 4.90 Å². The van der Waals surface area contributed by atoms with E-state index in [4.69, 9.17) is 39.6 Å². The first-order chi connectivity index (χ1) is 12.8. The van der Waals surface area contributed by atoms with E-state index in [1.54, 1.807) is 50.2 Å². The van der Waals surface area contributed by atoms with Crippen LogP contribution in [-0.4, -0.2) is 17.6 Å².